The van der Waals surface area contributed by atoms with Crippen molar-refractivity contribution in [1.82, 2.24) is 9.88 Å². The zero-order valence-electron chi connectivity index (χ0n) is 13.7. The van der Waals surface area contributed by atoms with E-state index >= 15 is 0 Å². The molecule has 126 valence electrons. The Morgan fingerprint density at radius 1 is 1.42 bits per heavy atom. The number of pyridine rings is 1. The lowest BCUT2D eigenvalue weighted by molar-refractivity contribution is -0.132. The molecule has 0 radical (unpaired) electrons. The summed E-state index contributed by atoms with van der Waals surface area (Å²) in [5, 5.41) is 0.670. The molecule has 24 heavy (non-hydrogen) atoms. The average molecular weight is 345 g/mol. The number of carbonyl (C=O) groups is 1. The Morgan fingerprint density at radius 3 is 3.04 bits per heavy atom. The van der Waals surface area contributed by atoms with E-state index in [0.717, 1.165) is 31.5 Å². The summed E-state index contributed by atoms with van der Waals surface area (Å²) in [6, 6.07) is 9.45. The summed E-state index contributed by atoms with van der Waals surface area (Å²) in [5.41, 5.74) is 2.16. The molecule has 0 N–H and O–H groups in total. The molecule has 0 spiro atoms. The molecule has 1 saturated heterocycles. The van der Waals surface area contributed by atoms with Crippen LogP contribution in [0.1, 0.15) is 17.5 Å². The second kappa shape index (κ2) is 7.67. The maximum Gasteiger partial charge on any atom is 0.260 e. The highest BCUT2D eigenvalue weighted by Gasteiger charge is 2.26. The number of ether oxygens (including phenoxy) is 1. The molecular formula is C19H21ClN2O2. The number of hydrogen-bond acceptors (Lipinski definition) is 3. The van der Waals surface area contributed by atoms with Crippen LogP contribution in [-0.4, -0.2) is 35.5 Å². The van der Waals surface area contributed by atoms with Gasteiger partial charge in [0, 0.05) is 30.5 Å². The Bertz CT molecular complexity index is 706. The molecular weight excluding hydrogens is 324 g/mol. The lowest BCUT2D eigenvalue weighted by Gasteiger charge is -2.17. The summed E-state index contributed by atoms with van der Waals surface area (Å²) in [4.78, 5) is 18.4. The third-order valence-electron chi connectivity index (χ3n) is 4.37. The van der Waals surface area contributed by atoms with Gasteiger partial charge < -0.3 is 9.64 Å². The molecule has 1 aromatic heterocycles. The molecule has 1 unspecified atom stereocenters. The minimum absolute atomic E-state index is 0.0398. The van der Waals surface area contributed by atoms with Gasteiger partial charge in [-0.25, -0.2) is 0 Å². The Balaban J connectivity index is 1.49. The standard InChI is InChI=1S/C19H21ClN2O2/c1-14-9-17(20)4-5-18(14)24-13-19(23)22-8-6-16(12-22)10-15-3-2-7-21-11-15/h2-5,7,9,11,16H,6,8,10,12-13H2,1H3. The normalized spacial score (nSPS) is 17.1. The molecule has 0 saturated carbocycles. The number of rotatable bonds is 5. The van der Waals surface area contributed by atoms with Gasteiger partial charge in [-0.3, -0.25) is 9.78 Å². The van der Waals surface area contributed by atoms with Gasteiger partial charge in [-0.1, -0.05) is 17.7 Å². The molecule has 1 atom stereocenters. The van der Waals surface area contributed by atoms with E-state index in [9.17, 15) is 4.79 Å². The second-order valence-electron chi connectivity index (χ2n) is 6.26. The molecule has 0 bridgehead atoms. The summed E-state index contributed by atoms with van der Waals surface area (Å²) in [6.07, 6.45) is 5.68. The number of benzene rings is 1. The van der Waals surface area contributed by atoms with E-state index < -0.39 is 0 Å². The maximum absolute atomic E-state index is 12.4. The van der Waals surface area contributed by atoms with Crippen molar-refractivity contribution in [3.63, 3.8) is 0 Å². The summed E-state index contributed by atoms with van der Waals surface area (Å²) in [6.45, 7) is 3.58. The Hall–Kier alpha value is -2.07. The van der Waals surface area contributed by atoms with Crippen LogP contribution in [0.4, 0.5) is 0 Å². The number of carbonyl (C=O) groups excluding carboxylic acids is 1. The number of hydrogen-bond donors (Lipinski definition) is 0. The highest BCUT2D eigenvalue weighted by molar-refractivity contribution is 6.30. The Labute approximate surface area is 147 Å². The summed E-state index contributed by atoms with van der Waals surface area (Å²) < 4.78 is 5.66. The van der Waals surface area contributed by atoms with Gasteiger partial charge in [0.05, 0.1) is 0 Å². The molecule has 1 aromatic carbocycles. The van der Waals surface area contributed by atoms with Crippen molar-refractivity contribution < 1.29 is 9.53 Å². The molecule has 1 aliphatic rings. The van der Waals surface area contributed by atoms with Crippen LogP contribution in [0.2, 0.25) is 5.02 Å². The van der Waals surface area contributed by atoms with Crippen LogP contribution in [0.3, 0.4) is 0 Å². The number of aromatic nitrogens is 1. The van der Waals surface area contributed by atoms with Gasteiger partial charge in [0.25, 0.3) is 5.91 Å². The van der Waals surface area contributed by atoms with Crippen molar-refractivity contribution in [2.45, 2.75) is 19.8 Å². The van der Waals surface area contributed by atoms with E-state index in [4.69, 9.17) is 16.3 Å². The highest BCUT2D eigenvalue weighted by atomic mass is 35.5. The Kier molecular flexibility index (Phi) is 5.36. The topological polar surface area (TPSA) is 42.4 Å². The van der Waals surface area contributed by atoms with Gasteiger partial charge in [-0.15, -0.1) is 0 Å². The van der Waals surface area contributed by atoms with Crippen molar-refractivity contribution in [3.8, 4) is 5.75 Å². The van der Waals surface area contributed by atoms with E-state index in [-0.39, 0.29) is 12.5 Å². The largest absolute Gasteiger partial charge is 0.483 e. The van der Waals surface area contributed by atoms with Crippen LogP contribution in [0, 0.1) is 12.8 Å². The first kappa shape index (κ1) is 16.8. The lowest BCUT2D eigenvalue weighted by atomic mass is 10.0. The van der Waals surface area contributed by atoms with Crippen molar-refractivity contribution in [1.29, 1.82) is 0 Å². The zero-order valence-corrected chi connectivity index (χ0v) is 14.5. The molecule has 4 nitrogen and oxygen atoms in total. The summed E-state index contributed by atoms with van der Waals surface area (Å²) >= 11 is 5.93. The fraction of sp³-hybridized carbons (Fsp3) is 0.368. The predicted molar refractivity (Wildman–Crippen MR) is 94.3 cm³/mol. The number of amides is 1. The number of halogens is 1. The van der Waals surface area contributed by atoms with Crippen LogP contribution >= 0.6 is 11.6 Å². The first-order valence-corrected chi connectivity index (χ1v) is 8.55. The molecule has 1 fully saturated rings. The van der Waals surface area contributed by atoms with Gasteiger partial charge in [-0.05, 0) is 61.1 Å². The highest BCUT2D eigenvalue weighted by Crippen LogP contribution is 2.23. The minimum atomic E-state index is 0.0398. The third-order valence-corrected chi connectivity index (χ3v) is 4.61. The monoisotopic (exact) mass is 344 g/mol. The SMILES string of the molecule is Cc1cc(Cl)ccc1OCC(=O)N1CCC(Cc2cccnc2)C1. The van der Waals surface area contributed by atoms with E-state index in [0.29, 0.717) is 16.7 Å². The predicted octanol–water partition coefficient (Wildman–Crippen LogP) is 3.51. The molecule has 5 heteroatoms. The molecule has 0 aliphatic carbocycles. The quantitative estimate of drug-likeness (QED) is 0.833. The van der Waals surface area contributed by atoms with Crippen LogP contribution in [0.5, 0.6) is 5.75 Å². The number of likely N-dealkylation sites (tertiary alicyclic amines) is 1. The lowest BCUT2D eigenvalue weighted by Crippen LogP contribution is -2.33. The van der Waals surface area contributed by atoms with Crippen molar-refractivity contribution in [2.75, 3.05) is 19.7 Å². The maximum atomic E-state index is 12.4. The van der Waals surface area contributed by atoms with E-state index in [1.165, 1.54) is 5.56 Å². The number of aryl methyl sites for hydroxylation is 1. The summed E-state index contributed by atoms with van der Waals surface area (Å²) in [7, 11) is 0. The van der Waals surface area contributed by atoms with Crippen molar-refractivity contribution >= 4 is 17.5 Å². The van der Waals surface area contributed by atoms with Crippen LogP contribution < -0.4 is 4.74 Å². The van der Waals surface area contributed by atoms with Crippen LogP contribution in [0.15, 0.2) is 42.7 Å². The first-order chi connectivity index (χ1) is 11.6. The summed E-state index contributed by atoms with van der Waals surface area (Å²) in [5.74, 6) is 1.24. The van der Waals surface area contributed by atoms with E-state index in [2.05, 4.69) is 11.1 Å². The minimum Gasteiger partial charge on any atom is -0.483 e. The fourth-order valence-corrected chi connectivity index (χ4v) is 3.31. The second-order valence-corrected chi connectivity index (χ2v) is 6.69. The average Bonchev–Trinajstić information content (AvgIpc) is 3.03. The van der Waals surface area contributed by atoms with Gasteiger partial charge in [0.15, 0.2) is 6.61 Å². The zero-order chi connectivity index (χ0) is 16.9. The molecule has 2 heterocycles. The molecule has 3 rings (SSSR count). The van der Waals surface area contributed by atoms with Crippen LogP contribution in [-0.2, 0) is 11.2 Å². The Morgan fingerprint density at radius 2 is 2.29 bits per heavy atom. The molecule has 1 aliphatic heterocycles. The van der Waals surface area contributed by atoms with Crippen LogP contribution in [0.25, 0.3) is 0 Å². The smallest absolute Gasteiger partial charge is 0.260 e. The van der Waals surface area contributed by atoms with E-state index in [1.807, 2.05) is 30.2 Å². The van der Waals surface area contributed by atoms with Crippen molar-refractivity contribution in [2.24, 2.45) is 5.92 Å². The van der Waals surface area contributed by atoms with E-state index in [1.54, 1.807) is 18.3 Å². The van der Waals surface area contributed by atoms with Gasteiger partial charge in [-0.2, -0.15) is 0 Å². The number of nitrogens with zero attached hydrogens (tertiary/aromatic N) is 2. The van der Waals surface area contributed by atoms with Gasteiger partial charge >= 0.3 is 0 Å². The fourth-order valence-electron chi connectivity index (χ4n) is 3.08. The third kappa shape index (κ3) is 4.26. The molecule has 2 aromatic rings. The van der Waals surface area contributed by atoms with Crippen molar-refractivity contribution in [3.05, 3.63) is 58.9 Å². The first-order valence-electron chi connectivity index (χ1n) is 8.17. The van der Waals surface area contributed by atoms with Gasteiger partial charge in [0.1, 0.15) is 5.75 Å². The molecule has 1 amide bonds. The van der Waals surface area contributed by atoms with Gasteiger partial charge in [0.2, 0.25) is 0 Å².